The summed E-state index contributed by atoms with van der Waals surface area (Å²) in [5, 5.41) is 15.4. The molecule has 1 aliphatic carbocycles. The number of aliphatic hydroxyl groups excluding tert-OH is 1. The highest BCUT2D eigenvalue weighted by molar-refractivity contribution is 5.93. The number of hydrogen-bond donors (Lipinski definition) is 5. The summed E-state index contributed by atoms with van der Waals surface area (Å²) in [6.45, 7) is 5.61. The molecule has 0 radical (unpaired) electrons. The Kier molecular flexibility index (Phi) is 12.1. The fourth-order valence-electron chi connectivity index (χ4n) is 4.17. The third kappa shape index (κ3) is 9.10. The SMILES string of the molecule is CC(C)C(=O)[C@H](CCN)NC(=O)[C@@H](NC(=O)CC(CN)CC1CCCCC1)C(C)O. The van der Waals surface area contributed by atoms with Gasteiger partial charge in [0.05, 0.1) is 12.1 Å². The van der Waals surface area contributed by atoms with E-state index in [4.69, 9.17) is 11.5 Å². The van der Waals surface area contributed by atoms with Crippen LogP contribution in [0.5, 0.6) is 0 Å². The highest BCUT2D eigenvalue weighted by Gasteiger charge is 2.31. The van der Waals surface area contributed by atoms with Gasteiger partial charge in [-0.25, -0.2) is 0 Å². The molecule has 1 fully saturated rings. The zero-order valence-corrected chi connectivity index (χ0v) is 18.9. The van der Waals surface area contributed by atoms with Crippen molar-refractivity contribution in [3.63, 3.8) is 0 Å². The number of rotatable bonds is 13. The van der Waals surface area contributed by atoms with Crippen molar-refractivity contribution >= 4 is 17.6 Å². The van der Waals surface area contributed by atoms with Crippen molar-refractivity contribution in [2.24, 2.45) is 29.2 Å². The molecule has 30 heavy (non-hydrogen) atoms. The van der Waals surface area contributed by atoms with E-state index in [0.717, 1.165) is 6.42 Å². The van der Waals surface area contributed by atoms with Gasteiger partial charge in [0.2, 0.25) is 11.8 Å². The van der Waals surface area contributed by atoms with Crippen LogP contribution < -0.4 is 22.1 Å². The van der Waals surface area contributed by atoms with Crippen LogP contribution in [0.1, 0.15) is 72.1 Å². The van der Waals surface area contributed by atoms with Crippen molar-refractivity contribution in [1.82, 2.24) is 10.6 Å². The summed E-state index contributed by atoms with van der Waals surface area (Å²) < 4.78 is 0. The van der Waals surface area contributed by atoms with E-state index in [9.17, 15) is 19.5 Å². The van der Waals surface area contributed by atoms with Gasteiger partial charge in [-0.1, -0.05) is 46.0 Å². The van der Waals surface area contributed by atoms with Gasteiger partial charge >= 0.3 is 0 Å². The van der Waals surface area contributed by atoms with E-state index >= 15 is 0 Å². The van der Waals surface area contributed by atoms with Crippen molar-refractivity contribution in [2.45, 2.75) is 90.3 Å². The Morgan fingerprint density at radius 3 is 2.17 bits per heavy atom. The highest BCUT2D eigenvalue weighted by atomic mass is 16.3. The van der Waals surface area contributed by atoms with E-state index in [2.05, 4.69) is 10.6 Å². The first-order valence-electron chi connectivity index (χ1n) is 11.4. The summed E-state index contributed by atoms with van der Waals surface area (Å²) >= 11 is 0. The lowest BCUT2D eigenvalue weighted by atomic mass is 9.82. The molecule has 0 heterocycles. The van der Waals surface area contributed by atoms with Gasteiger partial charge in [0.15, 0.2) is 5.78 Å². The molecule has 0 aromatic rings. The lowest BCUT2D eigenvalue weighted by Crippen LogP contribution is -2.56. The normalized spacial score (nSPS) is 19.0. The van der Waals surface area contributed by atoms with Crippen LogP contribution in [0.2, 0.25) is 0 Å². The minimum atomic E-state index is -1.13. The minimum Gasteiger partial charge on any atom is -0.391 e. The van der Waals surface area contributed by atoms with Crippen LogP contribution in [0.15, 0.2) is 0 Å². The van der Waals surface area contributed by atoms with Crippen molar-refractivity contribution in [3.05, 3.63) is 0 Å². The fourth-order valence-corrected chi connectivity index (χ4v) is 4.17. The van der Waals surface area contributed by atoms with E-state index in [1.807, 2.05) is 0 Å². The predicted molar refractivity (Wildman–Crippen MR) is 117 cm³/mol. The maximum absolute atomic E-state index is 12.7. The summed E-state index contributed by atoms with van der Waals surface area (Å²) in [7, 11) is 0. The quantitative estimate of drug-likeness (QED) is 0.295. The van der Waals surface area contributed by atoms with Gasteiger partial charge in [0.1, 0.15) is 6.04 Å². The lowest BCUT2D eigenvalue weighted by Gasteiger charge is -2.27. The summed E-state index contributed by atoms with van der Waals surface area (Å²) in [4.78, 5) is 37.6. The molecule has 174 valence electrons. The first-order chi connectivity index (χ1) is 14.2. The number of amides is 2. The van der Waals surface area contributed by atoms with E-state index in [-0.39, 0.29) is 36.5 Å². The van der Waals surface area contributed by atoms with Gasteiger partial charge in [-0.2, -0.15) is 0 Å². The number of carbonyl (C=O) groups is 3. The molecule has 4 atom stereocenters. The van der Waals surface area contributed by atoms with Crippen molar-refractivity contribution in [1.29, 1.82) is 0 Å². The second kappa shape index (κ2) is 13.7. The number of aliphatic hydroxyl groups is 1. The molecule has 0 bridgehead atoms. The maximum Gasteiger partial charge on any atom is 0.245 e. The number of Topliss-reactive ketones (excluding diaryl/α,β-unsaturated/α-hetero) is 1. The second-order valence-electron chi connectivity index (χ2n) is 9.03. The number of ketones is 1. The lowest BCUT2D eigenvalue weighted by molar-refractivity contribution is -0.134. The molecule has 0 aromatic carbocycles. The van der Waals surface area contributed by atoms with Crippen molar-refractivity contribution < 1.29 is 19.5 Å². The predicted octanol–water partition coefficient (Wildman–Crippen LogP) is 0.846. The summed E-state index contributed by atoms with van der Waals surface area (Å²) in [5.41, 5.74) is 11.5. The van der Waals surface area contributed by atoms with Crippen molar-refractivity contribution in [3.8, 4) is 0 Å². The highest BCUT2D eigenvalue weighted by Crippen LogP contribution is 2.29. The summed E-state index contributed by atoms with van der Waals surface area (Å²) in [6.07, 6.45) is 6.45. The summed E-state index contributed by atoms with van der Waals surface area (Å²) in [6, 6.07) is -1.87. The third-order valence-corrected chi connectivity index (χ3v) is 5.96. The van der Waals surface area contributed by atoms with Crippen LogP contribution in [0.3, 0.4) is 0 Å². The summed E-state index contributed by atoms with van der Waals surface area (Å²) in [5.74, 6) is -0.615. The molecule has 1 rings (SSSR count). The fraction of sp³-hybridized carbons (Fsp3) is 0.864. The molecule has 2 amide bonds. The Morgan fingerprint density at radius 1 is 1.03 bits per heavy atom. The molecule has 8 heteroatoms. The third-order valence-electron chi connectivity index (χ3n) is 5.96. The number of nitrogens with one attached hydrogen (secondary N) is 2. The zero-order chi connectivity index (χ0) is 22.7. The van der Waals surface area contributed by atoms with Gasteiger partial charge in [-0.15, -0.1) is 0 Å². The smallest absolute Gasteiger partial charge is 0.245 e. The molecule has 7 N–H and O–H groups in total. The Hall–Kier alpha value is -1.51. The molecule has 0 spiro atoms. The molecule has 2 unspecified atom stereocenters. The monoisotopic (exact) mass is 426 g/mol. The number of nitrogens with two attached hydrogens (primary N) is 2. The van der Waals surface area contributed by atoms with Crippen LogP contribution in [0.25, 0.3) is 0 Å². The largest absolute Gasteiger partial charge is 0.391 e. The average Bonchev–Trinajstić information content (AvgIpc) is 2.70. The number of hydrogen-bond acceptors (Lipinski definition) is 6. The van der Waals surface area contributed by atoms with Crippen LogP contribution in [0.4, 0.5) is 0 Å². The van der Waals surface area contributed by atoms with Crippen LogP contribution in [0, 0.1) is 17.8 Å². The van der Waals surface area contributed by atoms with Gasteiger partial charge in [-0.05, 0) is 44.7 Å². The van der Waals surface area contributed by atoms with Gasteiger partial charge in [0, 0.05) is 12.3 Å². The van der Waals surface area contributed by atoms with E-state index < -0.39 is 24.1 Å². The Balaban J connectivity index is 2.68. The van der Waals surface area contributed by atoms with E-state index in [1.54, 1.807) is 13.8 Å². The van der Waals surface area contributed by atoms with E-state index in [1.165, 1.54) is 39.0 Å². The van der Waals surface area contributed by atoms with Gasteiger partial charge < -0.3 is 27.2 Å². The standard InChI is InChI=1S/C22H42N4O4/c1-14(2)21(29)18(9-10-23)25-22(30)20(15(3)27)26-19(28)12-17(13-24)11-16-7-5-4-6-8-16/h14-18,20,27H,4-13,23-24H2,1-3H3,(H,25,30)(H,26,28)/t15?,17?,18-,20-/m0/s1. The first-order valence-corrected chi connectivity index (χ1v) is 11.4. The molecular weight excluding hydrogens is 384 g/mol. The molecule has 0 aromatic heterocycles. The van der Waals surface area contributed by atoms with Crippen molar-refractivity contribution in [2.75, 3.05) is 13.1 Å². The topological polar surface area (TPSA) is 148 Å². The van der Waals surface area contributed by atoms with E-state index in [0.29, 0.717) is 18.9 Å². The molecule has 1 saturated carbocycles. The molecule has 0 aliphatic heterocycles. The Labute approximate surface area is 180 Å². The maximum atomic E-state index is 12.7. The van der Waals surface area contributed by atoms with Crippen LogP contribution >= 0.6 is 0 Å². The zero-order valence-electron chi connectivity index (χ0n) is 18.9. The molecule has 0 saturated heterocycles. The van der Waals surface area contributed by atoms with Gasteiger partial charge in [-0.3, -0.25) is 14.4 Å². The second-order valence-corrected chi connectivity index (χ2v) is 9.03. The molecular formula is C22H42N4O4. The molecule has 8 nitrogen and oxygen atoms in total. The Bertz CT molecular complexity index is 547. The first kappa shape index (κ1) is 26.5. The Morgan fingerprint density at radius 2 is 1.67 bits per heavy atom. The average molecular weight is 427 g/mol. The van der Waals surface area contributed by atoms with Crippen LogP contribution in [-0.4, -0.2) is 54.0 Å². The number of carbonyl (C=O) groups excluding carboxylic acids is 3. The van der Waals surface area contributed by atoms with Gasteiger partial charge in [0.25, 0.3) is 0 Å². The van der Waals surface area contributed by atoms with Crippen LogP contribution in [-0.2, 0) is 14.4 Å². The molecule has 1 aliphatic rings. The minimum absolute atomic E-state index is 0.0540.